The highest BCUT2D eigenvalue weighted by Crippen LogP contribution is 2.23. The predicted molar refractivity (Wildman–Crippen MR) is 100 cm³/mol. The molecular weight excluding hydrogens is 390 g/mol. The molecule has 1 aliphatic rings. The van der Waals surface area contributed by atoms with Crippen molar-refractivity contribution in [3.63, 3.8) is 0 Å². The molecule has 2 N–H and O–H groups in total. The largest absolute Gasteiger partial charge is 0.495 e. The molecule has 0 spiro atoms. The topological polar surface area (TPSA) is 137 Å². The Labute approximate surface area is 163 Å². The number of hydrogen-bond acceptors (Lipinski definition) is 7. The van der Waals surface area contributed by atoms with Crippen LogP contribution < -0.4 is 10.0 Å². The standard InChI is InChI=1S/C17H23N3O7S/c1-17(2,3)27-16(21)19-12-8-9-13(26-11-12)10-18-28(24,25)15-7-5-4-6-14(15)20(22)23/h4-7,9,12,18H,8,10-11H2,1-3H3,(H,19,21)/t12-/m1/s1. The lowest BCUT2D eigenvalue weighted by molar-refractivity contribution is -0.387. The smallest absolute Gasteiger partial charge is 0.408 e. The summed E-state index contributed by atoms with van der Waals surface area (Å²) in [6, 6.07) is 4.78. The summed E-state index contributed by atoms with van der Waals surface area (Å²) in [6.07, 6.45) is 1.52. The number of ether oxygens (including phenoxy) is 2. The first kappa shape index (κ1) is 21.6. The first-order valence-electron chi connectivity index (χ1n) is 8.52. The lowest BCUT2D eigenvalue weighted by atomic mass is 10.1. The number of nitro benzene ring substituents is 1. The van der Waals surface area contributed by atoms with Crippen molar-refractivity contribution in [1.82, 2.24) is 10.0 Å². The average Bonchev–Trinajstić information content (AvgIpc) is 2.59. The van der Waals surface area contributed by atoms with Crippen LogP contribution in [-0.4, -0.2) is 44.2 Å². The van der Waals surface area contributed by atoms with E-state index >= 15 is 0 Å². The molecule has 1 aromatic rings. The maximum Gasteiger partial charge on any atom is 0.408 e. The zero-order valence-electron chi connectivity index (χ0n) is 15.8. The van der Waals surface area contributed by atoms with Gasteiger partial charge in [0.25, 0.3) is 5.69 Å². The Morgan fingerprint density at radius 3 is 2.61 bits per heavy atom. The molecule has 0 fully saturated rings. The van der Waals surface area contributed by atoms with Crippen molar-refractivity contribution >= 4 is 21.8 Å². The van der Waals surface area contributed by atoms with Gasteiger partial charge >= 0.3 is 6.09 Å². The number of alkyl carbamates (subject to hydrolysis) is 1. The number of nitro groups is 1. The van der Waals surface area contributed by atoms with Gasteiger partial charge in [-0.1, -0.05) is 12.1 Å². The van der Waals surface area contributed by atoms with E-state index in [2.05, 4.69) is 10.0 Å². The summed E-state index contributed by atoms with van der Waals surface area (Å²) in [5.74, 6) is 0.365. The number of sulfonamides is 1. The third-order valence-corrected chi connectivity index (χ3v) is 5.06. The van der Waals surface area contributed by atoms with Gasteiger partial charge in [-0.25, -0.2) is 17.9 Å². The van der Waals surface area contributed by atoms with Crippen LogP contribution in [0, 0.1) is 10.1 Å². The van der Waals surface area contributed by atoms with E-state index in [1.165, 1.54) is 12.1 Å². The fourth-order valence-electron chi connectivity index (χ4n) is 2.39. The SMILES string of the molecule is CC(C)(C)OC(=O)N[C@@H]1CC=C(CNS(=O)(=O)c2ccccc2[N+](=O)[O-])OC1. The minimum atomic E-state index is -4.09. The summed E-state index contributed by atoms with van der Waals surface area (Å²) in [7, 11) is -4.09. The van der Waals surface area contributed by atoms with Crippen molar-refractivity contribution in [3.8, 4) is 0 Å². The highest BCUT2D eigenvalue weighted by molar-refractivity contribution is 7.89. The zero-order chi connectivity index (χ0) is 20.9. The molecule has 0 aliphatic carbocycles. The molecule has 0 aromatic heterocycles. The van der Waals surface area contributed by atoms with E-state index in [0.29, 0.717) is 12.2 Å². The molecule has 2 rings (SSSR count). The van der Waals surface area contributed by atoms with Crippen LogP contribution in [0.3, 0.4) is 0 Å². The Hall–Kier alpha value is -2.66. The maximum absolute atomic E-state index is 12.4. The van der Waals surface area contributed by atoms with Crippen molar-refractivity contribution < 1.29 is 27.6 Å². The van der Waals surface area contributed by atoms with E-state index in [9.17, 15) is 23.3 Å². The Bertz CT molecular complexity index is 875. The molecular formula is C17H23N3O7S. The Balaban J connectivity index is 1.93. The van der Waals surface area contributed by atoms with Gasteiger partial charge in [0.05, 0.1) is 17.5 Å². The van der Waals surface area contributed by atoms with E-state index in [-0.39, 0.29) is 19.2 Å². The summed E-state index contributed by atoms with van der Waals surface area (Å²) < 4.78 is 37.7. The highest BCUT2D eigenvalue weighted by atomic mass is 32.2. The summed E-state index contributed by atoms with van der Waals surface area (Å²) in [4.78, 5) is 21.6. The van der Waals surface area contributed by atoms with Crippen molar-refractivity contribution in [1.29, 1.82) is 0 Å². The lowest BCUT2D eigenvalue weighted by Crippen LogP contribution is -2.42. The molecule has 0 radical (unpaired) electrons. The average molecular weight is 413 g/mol. The first-order valence-corrected chi connectivity index (χ1v) is 10.0. The van der Waals surface area contributed by atoms with Crippen LogP contribution in [0.2, 0.25) is 0 Å². The van der Waals surface area contributed by atoms with Crippen LogP contribution in [-0.2, 0) is 19.5 Å². The van der Waals surface area contributed by atoms with Crippen molar-refractivity contribution in [2.45, 2.75) is 43.7 Å². The summed E-state index contributed by atoms with van der Waals surface area (Å²) >= 11 is 0. The van der Waals surface area contributed by atoms with Crippen molar-refractivity contribution in [2.75, 3.05) is 13.2 Å². The van der Waals surface area contributed by atoms with Gasteiger partial charge in [-0.3, -0.25) is 10.1 Å². The van der Waals surface area contributed by atoms with Crippen molar-refractivity contribution in [2.24, 2.45) is 0 Å². The quantitative estimate of drug-likeness (QED) is 0.538. The van der Waals surface area contributed by atoms with E-state index < -0.39 is 37.2 Å². The van der Waals surface area contributed by atoms with Crippen molar-refractivity contribution in [3.05, 3.63) is 46.2 Å². The molecule has 154 valence electrons. The summed E-state index contributed by atoms with van der Waals surface area (Å²) in [5.41, 5.74) is -1.12. The molecule has 0 saturated carbocycles. The Kier molecular flexibility index (Phi) is 6.62. The predicted octanol–water partition coefficient (Wildman–Crippen LogP) is 2.07. The van der Waals surface area contributed by atoms with Crippen LogP contribution >= 0.6 is 0 Å². The Morgan fingerprint density at radius 2 is 2.04 bits per heavy atom. The molecule has 1 atom stereocenters. The van der Waals surface area contributed by atoms with Crippen LogP contribution in [0.1, 0.15) is 27.2 Å². The second-order valence-electron chi connectivity index (χ2n) is 7.11. The monoisotopic (exact) mass is 413 g/mol. The molecule has 1 aliphatic heterocycles. The molecule has 0 bridgehead atoms. The Morgan fingerprint density at radius 1 is 1.36 bits per heavy atom. The van der Waals surface area contributed by atoms with Gasteiger partial charge in [-0.15, -0.1) is 0 Å². The lowest BCUT2D eigenvalue weighted by Gasteiger charge is -2.26. The summed E-state index contributed by atoms with van der Waals surface area (Å²) in [5, 5.41) is 13.7. The molecule has 11 heteroatoms. The van der Waals surface area contributed by atoms with E-state index in [1.54, 1.807) is 26.8 Å². The van der Waals surface area contributed by atoms with Gasteiger partial charge in [0.1, 0.15) is 18.0 Å². The maximum atomic E-state index is 12.4. The zero-order valence-corrected chi connectivity index (χ0v) is 16.6. The second-order valence-corrected chi connectivity index (χ2v) is 8.85. The molecule has 1 aromatic carbocycles. The number of benzene rings is 1. The van der Waals surface area contributed by atoms with E-state index in [1.807, 2.05) is 0 Å². The number of carbonyl (C=O) groups excluding carboxylic acids is 1. The number of amides is 1. The third kappa shape index (κ3) is 6.20. The van der Waals surface area contributed by atoms with Gasteiger partial charge in [-0.05, 0) is 39.3 Å². The highest BCUT2D eigenvalue weighted by Gasteiger charge is 2.26. The van der Waals surface area contributed by atoms with Crippen LogP contribution in [0.25, 0.3) is 0 Å². The molecule has 0 unspecified atom stereocenters. The third-order valence-electron chi connectivity index (χ3n) is 3.61. The minimum absolute atomic E-state index is 0.151. The van der Waals surface area contributed by atoms with Gasteiger partial charge < -0.3 is 14.8 Å². The number of nitrogens with zero attached hydrogens (tertiary/aromatic N) is 1. The van der Waals surface area contributed by atoms with Crippen LogP contribution in [0.15, 0.2) is 41.0 Å². The molecule has 1 heterocycles. The van der Waals surface area contributed by atoms with Gasteiger partial charge in [0.15, 0.2) is 4.90 Å². The molecule has 10 nitrogen and oxygen atoms in total. The summed E-state index contributed by atoms with van der Waals surface area (Å²) in [6.45, 7) is 5.26. The number of rotatable bonds is 6. The van der Waals surface area contributed by atoms with E-state index in [4.69, 9.17) is 9.47 Å². The van der Waals surface area contributed by atoms with Gasteiger partial charge in [0, 0.05) is 6.07 Å². The number of carbonyl (C=O) groups is 1. The number of hydrogen-bond donors (Lipinski definition) is 2. The minimum Gasteiger partial charge on any atom is -0.495 e. The van der Waals surface area contributed by atoms with Crippen LogP contribution in [0.5, 0.6) is 0 Å². The molecule has 28 heavy (non-hydrogen) atoms. The molecule has 1 amide bonds. The fourth-order valence-corrected chi connectivity index (χ4v) is 3.55. The van der Waals surface area contributed by atoms with Gasteiger partial charge in [-0.2, -0.15) is 0 Å². The van der Waals surface area contributed by atoms with Crippen LogP contribution in [0.4, 0.5) is 10.5 Å². The van der Waals surface area contributed by atoms with E-state index in [0.717, 1.165) is 12.1 Å². The fraction of sp³-hybridized carbons (Fsp3) is 0.471. The van der Waals surface area contributed by atoms with Gasteiger partial charge in [0.2, 0.25) is 10.0 Å². The second kappa shape index (κ2) is 8.57. The normalized spacial score (nSPS) is 17.2. The first-order chi connectivity index (χ1) is 13.0. The molecule has 0 saturated heterocycles. The number of nitrogens with one attached hydrogen (secondary N) is 2. The number of para-hydroxylation sites is 1.